The quantitative estimate of drug-likeness (QED) is 0.455. The SMILES string of the molecule is CC1(C)O[C@@H]2CC(=O)OC[C@]23[C@@H]1CC(=O)[C@]1(C)[C@@H]3CC[C@@]2(C)[C@H](c3ccoc3)OC(=O)[C@H]3O[C@]321. The van der Waals surface area contributed by atoms with E-state index in [1.54, 1.807) is 12.5 Å². The van der Waals surface area contributed by atoms with Gasteiger partial charge in [-0.05, 0) is 45.6 Å². The Hall–Kier alpha value is -2.19. The summed E-state index contributed by atoms with van der Waals surface area (Å²) in [7, 11) is 0. The van der Waals surface area contributed by atoms with Crippen LogP contribution in [0.4, 0.5) is 0 Å². The van der Waals surface area contributed by atoms with Crippen molar-refractivity contribution in [3.05, 3.63) is 24.2 Å². The lowest BCUT2D eigenvalue weighted by atomic mass is 9.37. The molecule has 1 aromatic heterocycles. The third-order valence-corrected chi connectivity index (χ3v) is 10.7. The number of hydrogen-bond acceptors (Lipinski definition) is 8. The molecule has 4 saturated heterocycles. The maximum Gasteiger partial charge on any atom is 0.339 e. The highest BCUT2D eigenvalue weighted by atomic mass is 16.7. The molecule has 4 aliphatic heterocycles. The Balaban J connectivity index is 1.41. The molecule has 0 N–H and O–H groups in total. The Morgan fingerprint density at radius 3 is 2.50 bits per heavy atom. The van der Waals surface area contributed by atoms with Crippen molar-refractivity contribution in [3.8, 4) is 0 Å². The summed E-state index contributed by atoms with van der Waals surface area (Å²) in [5.74, 6) is -0.780. The molecule has 0 radical (unpaired) electrons. The lowest BCUT2D eigenvalue weighted by Gasteiger charge is -2.65. The summed E-state index contributed by atoms with van der Waals surface area (Å²) in [4.78, 5) is 39.7. The first-order valence-electron chi connectivity index (χ1n) is 12.3. The third-order valence-electron chi connectivity index (χ3n) is 10.7. The molecule has 7 rings (SSSR count). The van der Waals surface area contributed by atoms with Gasteiger partial charge in [0.2, 0.25) is 0 Å². The standard InChI is InChI=1S/C26H30O8/c1-22(2)15-9-16(27)24(4)14(25(15)12-31-18(28)10-17(25)33-22)5-7-23(3)19(13-6-8-30-11-13)32-21(29)20-26(23,24)34-20/h6,8,11,14-15,17,19-20H,5,7,9-10,12H2,1-4H3/t14-,15+,17+,19-,20+,23-,24-,25-,26+/m0/s1. The number of ether oxygens (including phenoxy) is 4. The van der Waals surface area contributed by atoms with Crippen molar-refractivity contribution in [2.75, 3.05) is 6.61 Å². The fourth-order valence-corrected chi connectivity index (χ4v) is 9.34. The van der Waals surface area contributed by atoms with Crippen LogP contribution in [-0.2, 0) is 33.3 Å². The molecule has 182 valence electrons. The lowest BCUT2D eigenvalue weighted by Crippen LogP contribution is -2.72. The van der Waals surface area contributed by atoms with Crippen molar-refractivity contribution >= 4 is 17.7 Å². The number of carbonyl (C=O) groups excluding carboxylic acids is 3. The molecule has 0 aromatic carbocycles. The number of carbonyl (C=O) groups is 3. The minimum absolute atomic E-state index is 0.0677. The van der Waals surface area contributed by atoms with Gasteiger partial charge in [-0.3, -0.25) is 9.59 Å². The zero-order valence-corrected chi connectivity index (χ0v) is 19.9. The van der Waals surface area contributed by atoms with Crippen molar-refractivity contribution in [1.82, 2.24) is 0 Å². The first kappa shape index (κ1) is 21.1. The zero-order valence-electron chi connectivity index (χ0n) is 19.9. The Bertz CT molecular complexity index is 1120. The number of fused-ring (bicyclic) bond motifs is 1. The molecule has 6 aliphatic rings. The van der Waals surface area contributed by atoms with Crippen LogP contribution in [0.2, 0.25) is 0 Å². The topological polar surface area (TPSA) is 105 Å². The molecule has 5 heterocycles. The van der Waals surface area contributed by atoms with Crippen LogP contribution in [0, 0.1) is 28.1 Å². The van der Waals surface area contributed by atoms with Crippen molar-refractivity contribution in [3.63, 3.8) is 0 Å². The summed E-state index contributed by atoms with van der Waals surface area (Å²) in [5.41, 5.74) is -2.78. The normalized spacial score (nSPS) is 52.4. The molecule has 2 spiro atoms. The minimum atomic E-state index is -0.976. The van der Waals surface area contributed by atoms with Gasteiger partial charge in [-0.25, -0.2) is 4.79 Å². The van der Waals surface area contributed by atoms with E-state index in [1.807, 2.05) is 26.8 Å². The van der Waals surface area contributed by atoms with Gasteiger partial charge in [0.05, 0.1) is 36.1 Å². The highest BCUT2D eigenvalue weighted by Gasteiger charge is 2.89. The maximum absolute atomic E-state index is 14.2. The number of esters is 2. The maximum atomic E-state index is 14.2. The number of furan rings is 1. The number of hydrogen-bond donors (Lipinski definition) is 0. The van der Waals surface area contributed by atoms with Crippen LogP contribution in [0.15, 0.2) is 23.0 Å². The number of Topliss-reactive ketones (excluding diaryl/α,β-unsaturated/α-hetero) is 1. The van der Waals surface area contributed by atoms with Crippen LogP contribution in [0.25, 0.3) is 0 Å². The van der Waals surface area contributed by atoms with Gasteiger partial charge < -0.3 is 23.4 Å². The smallest absolute Gasteiger partial charge is 0.339 e. The Kier molecular flexibility index (Phi) is 3.70. The third kappa shape index (κ3) is 2.02. The Morgan fingerprint density at radius 1 is 0.971 bits per heavy atom. The van der Waals surface area contributed by atoms with E-state index >= 15 is 0 Å². The monoisotopic (exact) mass is 470 g/mol. The average molecular weight is 471 g/mol. The molecule has 2 aliphatic carbocycles. The van der Waals surface area contributed by atoms with Crippen molar-refractivity contribution in [1.29, 1.82) is 0 Å². The molecule has 0 amide bonds. The van der Waals surface area contributed by atoms with Crippen molar-refractivity contribution in [2.24, 2.45) is 28.1 Å². The van der Waals surface area contributed by atoms with Crippen molar-refractivity contribution in [2.45, 2.75) is 82.9 Å². The lowest BCUT2D eigenvalue weighted by molar-refractivity contribution is -0.225. The van der Waals surface area contributed by atoms with E-state index in [2.05, 4.69) is 6.92 Å². The van der Waals surface area contributed by atoms with E-state index in [1.165, 1.54) is 0 Å². The number of cyclic esters (lactones) is 2. The number of rotatable bonds is 1. The van der Waals surface area contributed by atoms with Gasteiger partial charge in [-0.15, -0.1) is 0 Å². The van der Waals surface area contributed by atoms with E-state index in [-0.39, 0.29) is 42.7 Å². The summed E-state index contributed by atoms with van der Waals surface area (Å²) in [6.45, 7) is 8.36. The van der Waals surface area contributed by atoms with E-state index in [4.69, 9.17) is 23.4 Å². The molecule has 8 heteroatoms. The van der Waals surface area contributed by atoms with E-state index in [0.29, 0.717) is 12.8 Å². The first-order chi connectivity index (χ1) is 16.0. The highest BCUT2D eigenvalue weighted by Crippen LogP contribution is 2.79. The van der Waals surface area contributed by atoms with Gasteiger partial charge >= 0.3 is 11.9 Å². The van der Waals surface area contributed by atoms with Gasteiger partial charge in [-0.2, -0.15) is 0 Å². The van der Waals surface area contributed by atoms with Crippen molar-refractivity contribution < 1.29 is 37.7 Å². The van der Waals surface area contributed by atoms with Crippen LogP contribution in [-0.4, -0.2) is 47.7 Å². The molecule has 0 unspecified atom stereocenters. The second kappa shape index (κ2) is 5.95. The van der Waals surface area contributed by atoms with Gasteiger partial charge in [-0.1, -0.05) is 6.92 Å². The molecule has 2 saturated carbocycles. The second-order valence-corrected chi connectivity index (χ2v) is 12.2. The van der Waals surface area contributed by atoms with Crippen LogP contribution in [0.1, 0.15) is 65.0 Å². The van der Waals surface area contributed by atoms with Crippen LogP contribution >= 0.6 is 0 Å². The number of epoxide rings is 1. The molecular weight excluding hydrogens is 440 g/mol. The molecule has 0 bridgehead atoms. The zero-order chi connectivity index (χ0) is 23.9. The molecular formula is C26H30O8. The van der Waals surface area contributed by atoms with Gasteiger partial charge in [0.15, 0.2) is 6.10 Å². The fraction of sp³-hybridized carbons (Fsp3) is 0.731. The average Bonchev–Trinajstić information content (AvgIpc) is 3.26. The minimum Gasteiger partial charge on any atom is -0.472 e. The summed E-state index contributed by atoms with van der Waals surface area (Å²) in [6.07, 6.45) is 3.46. The largest absolute Gasteiger partial charge is 0.472 e. The van der Waals surface area contributed by atoms with E-state index < -0.39 is 45.6 Å². The Morgan fingerprint density at radius 2 is 1.76 bits per heavy atom. The van der Waals surface area contributed by atoms with Crippen LogP contribution < -0.4 is 0 Å². The van der Waals surface area contributed by atoms with Gasteiger partial charge in [0.1, 0.15) is 24.1 Å². The first-order valence-corrected chi connectivity index (χ1v) is 12.3. The highest BCUT2D eigenvalue weighted by molar-refractivity contribution is 5.93. The molecule has 6 fully saturated rings. The Labute approximate surface area is 197 Å². The van der Waals surface area contributed by atoms with Crippen LogP contribution in [0.3, 0.4) is 0 Å². The van der Waals surface area contributed by atoms with E-state index in [9.17, 15) is 14.4 Å². The fourth-order valence-electron chi connectivity index (χ4n) is 9.34. The van der Waals surface area contributed by atoms with E-state index in [0.717, 1.165) is 12.0 Å². The molecule has 34 heavy (non-hydrogen) atoms. The molecule has 1 aromatic rings. The summed E-state index contributed by atoms with van der Waals surface area (Å²) >= 11 is 0. The predicted molar refractivity (Wildman–Crippen MR) is 114 cm³/mol. The summed E-state index contributed by atoms with van der Waals surface area (Å²) in [5, 5.41) is 0. The summed E-state index contributed by atoms with van der Waals surface area (Å²) < 4.78 is 29.8. The molecule has 8 nitrogen and oxygen atoms in total. The van der Waals surface area contributed by atoms with Crippen LogP contribution in [0.5, 0.6) is 0 Å². The van der Waals surface area contributed by atoms with Gasteiger partial charge in [0.25, 0.3) is 0 Å². The predicted octanol–water partition coefficient (Wildman–Crippen LogP) is 3.14. The second-order valence-electron chi connectivity index (χ2n) is 12.2. The van der Waals surface area contributed by atoms with Gasteiger partial charge in [0, 0.05) is 28.7 Å². The molecule has 9 atom stereocenters. The number of ketones is 1. The summed E-state index contributed by atoms with van der Waals surface area (Å²) in [6, 6.07) is 1.81.